The molecule has 2 saturated heterocycles. The molecule has 9 nitrogen and oxygen atoms in total. The second kappa shape index (κ2) is 23.0. The zero-order valence-electron chi connectivity index (χ0n) is 31.5. The van der Waals surface area contributed by atoms with Gasteiger partial charge in [-0.15, -0.1) is 5.92 Å². The number of likely N-dealkylation sites (tertiary alicyclic amines) is 2. The number of rotatable bonds is 9. The van der Waals surface area contributed by atoms with Gasteiger partial charge in [0.1, 0.15) is 5.82 Å². The first-order chi connectivity index (χ1) is 22.5. The molecule has 0 aliphatic carbocycles. The molecule has 4 heterocycles. The van der Waals surface area contributed by atoms with Crippen molar-refractivity contribution in [3.63, 3.8) is 0 Å². The number of hydrogen-bond donors (Lipinski definition) is 2. The second-order valence-electron chi connectivity index (χ2n) is 13.7. The summed E-state index contributed by atoms with van der Waals surface area (Å²) < 4.78 is 0. The van der Waals surface area contributed by atoms with Gasteiger partial charge in [-0.05, 0) is 74.6 Å². The maximum atomic E-state index is 12.8. The highest BCUT2D eigenvalue weighted by atomic mass is 32.1. The van der Waals surface area contributed by atoms with E-state index >= 15 is 0 Å². The van der Waals surface area contributed by atoms with Crippen molar-refractivity contribution >= 4 is 71.7 Å². The summed E-state index contributed by atoms with van der Waals surface area (Å²) in [4.78, 5) is 45.9. The molecule has 1 aromatic carbocycles. The highest BCUT2D eigenvalue weighted by Gasteiger charge is 2.35. The minimum Gasteiger partial charge on any atom is -0.352 e. The lowest BCUT2D eigenvalue weighted by Crippen LogP contribution is -2.43. The van der Waals surface area contributed by atoms with Gasteiger partial charge in [-0.2, -0.15) is 54.0 Å². The monoisotopic (exact) mass is 775 g/mol. The highest BCUT2D eigenvalue weighted by Crippen LogP contribution is 2.33. The Balaban J connectivity index is 0.000000927. The van der Waals surface area contributed by atoms with E-state index in [0.29, 0.717) is 17.8 Å². The van der Waals surface area contributed by atoms with Crippen molar-refractivity contribution in [2.24, 2.45) is 23.7 Å². The zero-order chi connectivity index (χ0) is 34.1. The number of aromatic amines is 1. The topological polar surface area (TPSA) is 107 Å². The number of aryl methyl sites for hydroxylation is 1. The number of carbonyl (C=O) groups excluding carboxylic acids is 2. The summed E-state index contributed by atoms with van der Waals surface area (Å²) in [5, 5.41) is 3.25. The van der Waals surface area contributed by atoms with Crippen molar-refractivity contribution in [3.8, 4) is 23.1 Å². The molecule has 0 radical (unpaired) electrons. The normalized spacial score (nSPS) is 17.3. The predicted octanol–water partition coefficient (Wildman–Crippen LogP) is 7.33. The molecule has 2 fully saturated rings. The molecule has 51 heavy (non-hydrogen) atoms. The van der Waals surface area contributed by atoms with E-state index < -0.39 is 0 Å². The Morgan fingerprint density at radius 2 is 1.37 bits per heavy atom. The van der Waals surface area contributed by atoms with E-state index in [1.165, 1.54) is 0 Å². The third-order valence-corrected chi connectivity index (χ3v) is 9.63. The molecule has 0 unspecified atom stereocenters. The lowest BCUT2D eigenvalue weighted by molar-refractivity contribution is -0.138. The van der Waals surface area contributed by atoms with Gasteiger partial charge in [0.15, 0.2) is 0 Å². The number of H-pyrrole nitrogens is 1. The van der Waals surface area contributed by atoms with Gasteiger partial charge >= 0.3 is 0 Å². The van der Waals surface area contributed by atoms with Crippen LogP contribution < -0.4 is 5.32 Å². The van der Waals surface area contributed by atoms with Crippen molar-refractivity contribution in [2.75, 3.05) is 25.0 Å². The van der Waals surface area contributed by atoms with Gasteiger partial charge in [0.25, 0.3) is 0 Å². The van der Waals surface area contributed by atoms with E-state index in [-0.39, 0.29) is 89.7 Å². The molecular formula is C38H61N7O2S4. The summed E-state index contributed by atoms with van der Waals surface area (Å²) in [7, 11) is 0. The molecule has 2 aliphatic heterocycles. The van der Waals surface area contributed by atoms with Crippen LogP contribution >= 0.6 is 54.0 Å². The van der Waals surface area contributed by atoms with E-state index in [0.717, 1.165) is 73.5 Å². The standard InChI is InChI=1S/C22H27N3O.C16H26N4O.4H2S/c1-5-7-17-9-11-18(12-10-17)19-14-23-21(24-19)20-8-6-13-25(20)22(26)16(4)15(2)3;1-11(2)13(4)15(21)20-7-5-6-14(20)10-19-16-17-8-12(3)9-18-16;;;;/h9-12,14-16,20H,6,8,13H2,1-4H3,(H,23,24);8-9,11,13-14H,5-7,10H2,1-4H3,(H,17,18,19);4*1H2/t16-,20-;13-,14-;;;;/m00..../s1. The van der Waals surface area contributed by atoms with Gasteiger partial charge in [-0.25, -0.2) is 15.0 Å². The van der Waals surface area contributed by atoms with Gasteiger partial charge < -0.3 is 20.1 Å². The third kappa shape index (κ3) is 13.0. The number of carbonyl (C=O) groups is 2. The number of imidazole rings is 1. The number of nitrogens with one attached hydrogen (secondary N) is 2. The number of amides is 2. The van der Waals surface area contributed by atoms with E-state index in [1.807, 2.05) is 55.8 Å². The largest absolute Gasteiger partial charge is 0.352 e. The van der Waals surface area contributed by atoms with E-state index in [9.17, 15) is 9.59 Å². The summed E-state index contributed by atoms with van der Waals surface area (Å²) in [6, 6.07) is 8.45. The molecule has 2 aliphatic rings. The van der Waals surface area contributed by atoms with Crippen molar-refractivity contribution < 1.29 is 9.59 Å². The Bertz CT molecular complexity index is 1540. The number of benzene rings is 1. The SMILES string of the molecule is CC#Cc1ccc(-c2cnc([C@@H]3CCCN3C(=O)[C@@H](C)C(C)C)[nH]2)cc1.Cc1cnc(NC[C@@H]2CCCN2C(=O)[C@@H](C)C(C)C)nc1.S.S.S.S. The molecule has 0 saturated carbocycles. The van der Waals surface area contributed by atoms with Crippen LogP contribution in [0.5, 0.6) is 0 Å². The number of nitrogens with zero attached hydrogens (tertiary/aromatic N) is 5. The van der Waals surface area contributed by atoms with Crippen molar-refractivity contribution in [3.05, 3.63) is 59.8 Å². The summed E-state index contributed by atoms with van der Waals surface area (Å²) >= 11 is 0. The van der Waals surface area contributed by atoms with Crippen LogP contribution in [0.1, 0.15) is 97.1 Å². The fourth-order valence-electron chi connectivity index (χ4n) is 5.97. The Labute approximate surface area is 334 Å². The number of hydrogen-bond acceptors (Lipinski definition) is 6. The maximum absolute atomic E-state index is 12.8. The summed E-state index contributed by atoms with van der Waals surface area (Å²) in [5.74, 6) is 8.86. The Hall–Kier alpha value is -2.79. The quantitative estimate of drug-likeness (QED) is 0.221. The molecule has 4 atom stereocenters. The summed E-state index contributed by atoms with van der Waals surface area (Å²) in [6.45, 7) is 18.7. The smallest absolute Gasteiger partial charge is 0.226 e. The third-order valence-electron chi connectivity index (χ3n) is 9.63. The number of aromatic nitrogens is 4. The van der Waals surface area contributed by atoms with E-state index in [4.69, 9.17) is 0 Å². The molecule has 2 aromatic heterocycles. The Morgan fingerprint density at radius 3 is 1.94 bits per heavy atom. The van der Waals surface area contributed by atoms with Gasteiger partial charge in [0.2, 0.25) is 17.8 Å². The van der Waals surface area contributed by atoms with Gasteiger partial charge in [-0.1, -0.05) is 59.6 Å². The molecule has 2 N–H and O–H groups in total. The van der Waals surface area contributed by atoms with Crippen LogP contribution in [0.25, 0.3) is 11.3 Å². The summed E-state index contributed by atoms with van der Waals surface area (Å²) in [5.41, 5.74) is 4.11. The molecular weight excluding hydrogens is 715 g/mol. The fraction of sp³-hybridized carbons (Fsp3) is 0.553. The van der Waals surface area contributed by atoms with Gasteiger partial charge in [-0.3, -0.25) is 9.59 Å². The minimum atomic E-state index is 0. The zero-order valence-corrected chi connectivity index (χ0v) is 35.5. The molecule has 0 spiro atoms. The average molecular weight is 776 g/mol. The fourth-order valence-corrected chi connectivity index (χ4v) is 5.97. The minimum absolute atomic E-state index is 0. The van der Waals surface area contributed by atoms with Crippen molar-refractivity contribution in [1.29, 1.82) is 0 Å². The van der Waals surface area contributed by atoms with Crippen LogP contribution in [0.15, 0.2) is 42.9 Å². The van der Waals surface area contributed by atoms with Crippen LogP contribution in [0.3, 0.4) is 0 Å². The number of anilines is 1. The first-order valence-electron chi connectivity index (χ1n) is 17.2. The predicted molar refractivity (Wildman–Crippen MR) is 230 cm³/mol. The van der Waals surface area contributed by atoms with Gasteiger partial charge in [0, 0.05) is 55.5 Å². The molecule has 5 rings (SSSR count). The molecule has 0 bridgehead atoms. The average Bonchev–Trinajstić information content (AvgIpc) is 3.85. The van der Waals surface area contributed by atoms with Crippen LogP contribution in [-0.4, -0.2) is 67.2 Å². The Kier molecular flexibility index (Phi) is 21.7. The van der Waals surface area contributed by atoms with Crippen molar-refractivity contribution in [1.82, 2.24) is 29.7 Å². The van der Waals surface area contributed by atoms with E-state index in [2.05, 4.69) is 76.9 Å². The van der Waals surface area contributed by atoms with Crippen LogP contribution in [0, 0.1) is 42.4 Å². The molecule has 13 heteroatoms. The lowest BCUT2D eigenvalue weighted by Gasteiger charge is -2.29. The first-order valence-corrected chi connectivity index (χ1v) is 17.2. The highest BCUT2D eigenvalue weighted by molar-refractivity contribution is 7.59. The Morgan fingerprint density at radius 1 is 0.824 bits per heavy atom. The van der Waals surface area contributed by atoms with Crippen molar-refractivity contribution in [2.45, 2.75) is 93.2 Å². The first kappa shape index (κ1) is 48.2. The van der Waals surface area contributed by atoms with E-state index in [1.54, 1.807) is 12.4 Å². The summed E-state index contributed by atoms with van der Waals surface area (Å²) in [6.07, 6.45) is 9.59. The lowest BCUT2D eigenvalue weighted by atomic mass is 9.96. The van der Waals surface area contributed by atoms with Crippen LogP contribution in [0.4, 0.5) is 5.95 Å². The molecule has 3 aromatic rings. The van der Waals surface area contributed by atoms with Crippen LogP contribution in [0.2, 0.25) is 0 Å². The molecule has 2 amide bonds. The maximum Gasteiger partial charge on any atom is 0.226 e. The second-order valence-corrected chi connectivity index (χ2v) is 13.7. The van der Waals surface area contributed by atoms with Gasteiger partial charge in [0.05, 0.1) is 17.9 Å². The molecule has 284 valence electrons. The van der Waals surface area contributed by atoms with Crippen LogP contribution in [-0.2, 0) is 9.59 Å².